The quantitative estimate of drug-likeness (QED) is 0.420. The second-order valence-corrected chi connectivity index (χ2v) is 9.55. The number of hydrogen-bond acceptors (Lipinski definition) is 4. The van der Waals surface area contributed by atoms with Gasteiger partial charge in [-0.1, -0.05) is 53.9 Å². The zero-order valence-electron chi connectivity index (χ0n) is 16.9. The molecule has 158 valence electrons. The number of aliphatic hydroxyl groups is 1. The Labute approximate surface area is 178 Å². The molecule has 1 atom stereocenters. The number of hydrogen-bond donors (Lipinski definition) is 2. The summed E-state index contributed by atoms with van der Waals surface area (Å²) in [6, 6.07) is 17.2. The van der Waals surface area contributed by atoms with E-state index in [0.29, 0.717) is 37.4 Å². The number of nitrogens with zero attached hydrogens (tertiary/aromatic N) is 1. The molecule has 1 aliphatic heterocycles. The van der Waals surface area contributed by atoms with Crippen molar-refractivity contribution in [3.63, 3.8) is 0 Å². The van der Waals surface area contributed by atoms with Crippen LogP contribution in [0.3, 0.4) is 0 Å². The molecule has 0 bridgehead atoms. The minimum absolute atomic E-state index is 0.263. The Morgan fingerprint density at radius 3 is 2.37 bits per heavy atom. The first kappa shape index (κ1) is 22.0. The monoisotopic (exact) mass is 426 g/mol. The first-order valence-corrected chi connectivity index (χ1v) is 11.5. The predicted octanol–water partition coefficient (Wildman–Crippen LogP) is 1.99. The molecule has 0 spiro atoms. The Bertz CT molecular complexity index is 1020. The molecule has 1 saturated heterocycles. The summed E-state index contributed by atoms with van der Waals surface area (Å²) in [7, 11) is -3.82. The molecular formula is C23H26N2O4S. The average molecular weight is 427 g/mol. The van der Waals surface area contributed by atoms with Crippen molar-refractivity contribution < 1.29 is 18.3 Å². The fraction of sp³-hybridized carbons (Fsp3) is 0.348. The molecule has 0 aliphatic carbocycles. The Kier molecular flexibility index (Phi) is 6.93. The summed E-state index contributed by atoms with van der Waals surface area (Å²) in [6.45, 7) is 2.77. The van der Waals surface area contributed by atoms with E-state index in [2.05, 4.69) is 41.4 Å². The van der Waals surface area contributed by atoms with E-state index in [1.165, 1.54) is 15.4 Å². The number of carbonyl (C=O) groups excluding carboxylic acids is 1. The number of piperidine rings is 1. The maximum Gasteiger partial charge on any atom is 0.219 e. The van der Waals surface area contributed by atoms with Crippen molar-refractivity contribution in [2.24, 2.45) is 0 Å². The van der Waals surface area contributed by atoms with Gasteiger partial charge in [-0.2, -0.15) is 0 Å². The zero-order valence-corrected chi connectivity index (χ0v) is 17.7. The van der Waals surface area contributed by atoms with Crippen molar-refractivity contribution >= 4 is 16.4 Å². The third-order valence-electron chi connectivity index (χ3n) is 5.27. The van der Waals surface area contributed by atoms with E-state index in [0.717, 1.165) is 0 Å². The molecule has 1 amide bonds. The molecule has 2 N–H and O–H groups in total. The van der Waals surface area contributed by atoms with Gasteiger partial charge in [0.15, 0.2) is 0 Å². The lowest BCUT2D eigenvalue weighted by Crippen LogP contribution is -2.52. The van der Waals surface area contributed by atoms with E-state index >= 15 is 0 Å². The minimum Gasteiger partial charge on any atom is -0.360 e. The standard InChI is InChI=1S/C23H26N2O4S/c1-19-7-9-21(10-8-19)22-12-15-25(16-13-22)30(28,29)17-23(27,24-18-26)14-11-20-5-3-2-4-6-20/h2-10,18,22,27H,12-13,15-17H2,1H3,(H,24,26). The van der Waals surface area contributed by atoms with Gasteiger partial charge in [0, 0.05) is 18.7 Å². The molecular weight excluding hydrogens is 400 g/mol. The molecule has 3 rings (SSSR count). The summed E-state index contributed by atoms with van der Waals surface area (Å²) in [6.07, 6.45) is 1.67. The molecule has 1 unspecified atom stereocenters. The van der Waals surface area contributed by atoms with Crippen LogP contribution < -0.4 is 5.32 Å². The lowest BCUT2D eigenvalue weighted by atomic mass is 9.90. The van der Waals surface area contributed by atoms with E-state index in [1.807, 2.05) is 13.0 Å². The molecule has 1 heterocycles. The molecule has 1 fully saturated rings. The maximum atomic E-state index is 12.9. The number of benzene rings is 2. The van der Waals surface area contributed by atoms with Crippen molar-refractivity contribution in [1.82, 2.24) is 9.62 Å². The van der Waals surface area contributed by atoms with Crippen LogP contribution in [0, 0.1) is 18.8 Å². The lowest BCUT2D eigenvalue weighted by molar-refractivity contribution is -0.113. The van der Waals surface area contributed by atoms with Crippen LogP contribution in [0.15, 0.2) is 54.6 Å². The van der Waals surface area contributed by atoms with Gasteiger partial charge >= 0.3 is 0 Å². The molecule has 6 nitrogen and oxygen atoms in total. The number of rotatable bonds is 6. The van der Waals surface area contributed by atoms with Crippen LogP contribution in [-0.4, -0.2) is 48.8 Å². The molecule has 2 aromatic carbocycles. The van der Waals surface area contributed by atoms with Crippen LogP contribution in [0.25, 0.3) is 0 Å². The number of carbonyl (C=O) groups is 1. The first-order valence-electron chi connectivity index (χ1n) is 9.88. The van der Waals surface area contributed by atoms with Gasteiger partial charge in [-0.15, -0.1) is 0 Å². The zero-order chi connectivity index (χ0) is 21.6. The fourth-order valence-electron chi connectivity index (χ4n) is 3.57. The largest absolute Gasteiger partial charge is 0.360 e. The topological polar surface area (TPSA) is 86.7 Å². The molecule has 7 heteroatoms. The van der Waals surface area contributed by atoms with E-state index in [4.69, 9.17) is 0 Å². The smallest absolute Gasteiger partial charge is 0.219 e. The van der Waals surface area contributed by atoms with Gasteiger partial charge in [0.2, 0.25) is 22.2 Å². The van der Waals surface area contributed by atoms with Crippen LogP contribution >= 0.6 is 0 Å². The van der Waals surface area contributed by atoms with Gasteiger partial charge in [0.05, 0.1) is 0 Å². The first-order chi connectivity index (χ1) is 14.3. The van der Waals surface area contributed by atoms with Gasteiger partial charge in [-0.3, -0.25) is 4.79 Å². The SMILES string of the molecule is Cc1ccc(C2CCN(S(=O)(=O)CC(O)(C#Cc3ccccc3)NC=O)CC2)cc1. The number of amides is 1. The van der Waals surface area contributed by atoms with Crippen molar-refractivity contribution in [2.45, 2.75) is 31.4 Å². The van der Waals surface area contributed by atoms with Crippen LogP contribution in [-0.2, 0) is 14.8 Å². The summed E-state index contributed by atoms with van der Waals surface area (Å²) in [5.74, 6) is 4.84. The van der Waals surface area contributed by atoms with E-state index in [-0.39, 0.29) is 6.41 Å². The molecule has 0 radical (unpaired) electrons. The second kappa shape index (κ2) is 9.43. The molecule has 30 heavy (non-hydrogen) atoms. The van der Waals surface area contributed by atoms with Crippen LogP contribution in [0.2, 0.25) is 0 Å². The maximum absolute atomic E-state index is 12.9. The Morgan fingerprint density at radius 2 is 1.77 bits per heavy atom. The normalized spacial score (nSPS) is 17.4. The highest BCUT2D eigenvalue weighted by Gasteiger charge is 2.36. The summed E-state index contributed by atoms with van der Waals surface area (Å²) in [4.78, 5) is 11.0. The average Bonchev–Trinajstić information content (AvgIpc) is 2.74. The Hall–Kier alpha value is -2.66. The summed E-state index contributed by atoms with van der Waals surface area (Å²) in [5.41, 5.74) is 0.854. The van der Waals surface area contributed by atoms with Gasteiger partial charge in [-0.25, -0.2) is 12.7 Å². The lowest BCUT2D eigenvalue weighted by Gasteiger charge is -2.33. The predicted molar refractivity (Wildman–Crippen MR) is 116 cm³/mol. The second-order valence-electron chi connectivity index (χ2n) is 7.58. The summed E-state index contributed by atoms with van der Waals surface area (Å²) in [5, 5.41) is 12.8. The Morgan fingerprint density at radius 1 is 1.13 bits per heavy atom. The summed E-state index contributed by atoms with van der Waals surface area (Å²) >= 11 is 0. The fourth-order valence-corrected chi connectivity index (χ4v) is 5.20. The number of aryl methyl sites for hydroxylation is 1. The number of sulfonamides is 1. The van der Waals surface area contributed by atoms with Crippen LogP contribution in [0.1, 0.15) is 35.4 Å². The van der Waals surface area contributed by atoms with Crippen molar-refractivity contribution in [1.29, 1.82) is 0 Å². The molecule has 0 saturated carbocycles. The number of nitrogens with one attached hydrogen (secondary N) is 1. The molecule has 0 aromatic heterocycles. The highest BCUT2D eigenvalue weighted by Crippen LogP contribution is 2.29. The van der Waals surface area contributed by atoms with Gasteiger partial charge in [0.25, 0.3) is 0 Å². The van der Waals surface area contributed by atoms with Gasteiger partial charge in [-0.05, 0) is 49.3 Å². The molecule has 1 aliphatic rings. The van der Waals surface area contributed by atoms with E-state index < -0.39 is 21.5 Å². The highest BCUT2D eigenvalue weighted by molar-refractivity contribution is 7.89. The third-order valence-corrected chi connectivity index (χ3v) is 7.21. The van der Waals surface area contributed by atoms with E-state index in [1.54, 1.807) is 24.3 Å². The molecule has 2 aromatic rings. The van der Waals surface area contributed by atoms with Crippen molar-refractivity contribution in [3.8, 4) is 11.8 Å². The van der Waals surface area contributed by atoms with E-state index in [9.17, 15) is 18.3 Å². The Balaban J connectivity index is 1.69. The minimum atomic E-state index is -3.82. The van der Waals surface area contributed by atoms with Crippen molar-refractivity contribution in [3.05, 3.63) is 71.3 Å². The third kappa shape index (κ3) is 5.70. The van der Waals surface area contributed by atoms with Gasteiger partial charge in [0.1, 0.15) is 5.75 Å². The van der Waals surface area contributed by atoms with Crippen LogP contribution in [0.5, 0.6) is 0 Å². The van der Waals surface area contributed by atoms with Gasteiger partial charge < -0.3 is 10.4 Å². The van der Waals surface area contributed by atoms with Crippen LogP contribution in [0.4, 0.5) is 0 Å². The summed E-state index contributed by atoms with van der Waals surface area (Å²) < 4.78 is 27.2. The highest BCUT2D eigenvalue weighted by atomic mass is 32.2. The van der Waals surface area contributed by atoms with Crippen molar-refractivity contribution in [2.75, 3.05) is 18.8 Å².